The van der Waals surface area contributed by atoms with Gasteiger partial charge in [-0.25, -0.2) is 0 Å². The highest BCUT2D eigenvalue weighted by molar-refractivity contribution is 9.10. The van der Waals surface area contributed by atoms with Crippen LogP contribution in [0.25, 0.3) is 0 Å². The van der Waals surface area contributed by atoms with Gasteiger partial charge in [0.2, 0.25) is 0 Å². The van der Waals surface area contributed by atoms with Crippen molar-refractivity contribution in [3.05, 3.63) is 22.4 Å². The van der Waals surface area contributed by atoms with Crippen LogP contribution in [-0.4, -0.2) is 27.9 Å². The molecule has 15 heavy (non-hydrogen) atoms. The summed E-state index contributed by atoms with van der Waals surface area (Å²) in [5, 5.41) is 0. The molecule has 0 aromatic carbocycles. The van der Waals surface area contributed by atoms with E-state index in [0.717, 1.165) is 23.9 Å². The van der Waals surface area contributed by atoms with Gasteiger partial charge in [-0.05, 0) is 48.7 Å². The van der Waals surface area contributed by atoms with E-state index in [0.29, 0.717) is 5.69 Å². The van der Waals surface area contributed by atoms with E-state index >= 15 is 0 Å². The van der Waals surface area contributed by atoms with Gasteiger partial charge in [0.25, 0.3) is 5.91 Å². The number of amides is 1. The number of nitrogens with zero attached hydrogens (tertiary/aromatic N) is 1. The highest BCUT2D eigenvalue weighted by atomic mass is 79.9. The molecule has 1 aliphatic rings. The number of hydrogen-bond donors (Lipinski definition) is 1. The number of likely N-dealkylation sites (tertiary alicyclic amines) is 1. The molecule has 0 radical (unpaired) electrons. The average molecular weight is 271 g/mol. The van der Waals surface area contributed by atoms with Gasteiger partial charge in [-0.3, -0.25) is 4.79 Å². The number of hydrogen-bond acceptors (Lipinski definition) is 1. The zero-order chi connectivity index (χ0) is 11.1. The maximum Gasteiger partial charge on any atom is 0.270 e. The first-order valence-electron chi connectivity index (χ1n) is 5.16. The van der Waals surface area contributed by atoms with Crippen molar-refractivity contribution in [3.63, 3.8) is 0 Å². The van der Waals surface area contributed by atoms with Crippen molar-refractivity contribution in [2.45, 2.75) is 32.2 Å². The Kier molecular flexibility index (Phi) is 2.63. The van der Waals surface area contributed by atoms with Crippen LogP contribution in [0, 0.1) is 0 Å². The van der Waals surface area contributed by atoms with E-state index in [1.165, 1.54) is 0 Å². The third-order valence-corrected chi connectivity index (χ3v) is 3.48. The summed E-state index contributed by atoms with van der Waals surface area (Å²) in [5.74, 6) is 0.100. The first-order valence-corrected chi connectivity index (χ1v) is 5.96. The summed E-state index contributed by atoms with van der Waals surface area (Å²) in [6.45, 7) is 5.11. The lowest BCUT2D eigenvalue weighted by Crippen LogP contribution is -2.42. The highest BCUT2D eigenvalue weighted by Crippen LogP contribution is 2.29. The molecular weight excluding hydrogens is 256 g/mol. The summed E-state index contributed by atoms with van der Waals surface area (Å²) in [6.07, 6.45) is 3.97. The number of aromatic amines is 1. The van der Waals surface area contributed by atoms with Gasteiger partial charge in [-0.2, -0.15) is 0 Å². The van der Waals surface area contributed by atoms with Gasteiger partial charge in [-0.15, -0.1) is 0 Å². The summed E-state index contributed by atoms with van der Waals surface area (Å²) >= 11 is 3.34. The van der Waals surface area contributed by atoms with E-state index in [2.05, 4.69) is 34.8 Å². The molecule has 0 spiro atoms. The number of carbonyl (C=O) groups is 1. The molecule has 0 unspecified atom stereocenters. The van der Waals surface area contributed by atoms with E-state index in [1.54, 1.807) is 6.20 Å². The number of aromatic nitrogens is 1. The molecule has 0 aliphatic carbocycles. The molecule has 1 aromatic rings. The van der Waals surface area contributed by atoms with Crippen molar-refractivity contribution < 1.29 is 4.79 Å². The summed E-state index contributed by atoms with van der Waals surface area (Å²) < 4.78 is 0.919. The highest BCUT2D eigenvalue weighted by Gasteiger charge is 2.36. The smallest absolute Gasteiger partial charge is 0.270 e. The monoisotopic (exact) mass is 270 g/mol. The van der Waals surface area contributed by atoms with Gasteiger partial charge in [0.1, 0.15) is 5.69 Å². The van der Waals surface area contributed by atoms with Crippen molar-refractivity contribution in [2.24, 2.45) is 0 Å². The van der Waals surface area contributed by atoms with Crippen LogP contribution >= 0.6 is 15.9 Å². The molecule has 2 rings (SSSR count). The normalized spacial score (nSPS) is 19.5. The first-order chi connectivity index (χ1) is 7.00. The first kappa shape index (κ1) is 10.7. The van der Waals surface area contributed by atoms with Gasteiger partial charge in [0.15, 0.2) is 0 Å². The standard InChI is InChI=1S/C11H15BrN2O/c1-11(2)4-3-5-14(11)10(15)9-6-8(12)7-13-9/h6-7,13H,3-5H2,1-2H3. The lowest BCUT2D eigenvalue weighted by atomic mass is 10.0. The van der Waals surface area contributed by atoms with Crippen LogP contribution in [-0.2, 0) is 0 Å². The molecule has 0 atom stereocenters. The summed E-state index contributed by atoms with van der Waals surface area (Å²) in [7, 11) is 0. The maximum atomic E-state index is 12.1. The van der Waals surface area contributed by atoms with Crippen molar-refractivity contribution >= 4 is 21.8 Å². The predicted octanol–water partition coefficient (Wildman–Crippen LogP) is 2.79. The fourth-order valence-corrected chi connectivity index (χ4v) is 2.46. The number of rotatable bonds is 1. The van der Waals surface area contributed by atoms with Crippen LogP contribution in [0.5, 0.6) is 0 Å². The van der Waals surface area contributed by atoms with Gasteiger partial charge in [0.05, 0.1) is 0 Å². The Bertz CT molecular complexity index is 384. The van der Waals surface area contributed by atoms with E-state index in [4.69, 9.17) is 0 Å². The number of halogens is 1. The molecule has 1 fully saturated rings. The van der Waals surface area contributed by atoms with E-state index < -0.39 is 0 Å². The molecule has 1 aromatic heterocycles. The SMILES string of the molecule is CC1(C)CCCN1C(=O)c1cc(Br)c[nH]1. The third-order valence-electron chi connectivity index (χ3n) is 3.02. The van der Waals surface area contributed by atoms with Crippen molar-refractivity contribution in [3.8, 4) is 0 Å². The summed E-state index contributed by atoms with van der Waals surface area (Å²) in [6, 6.07) is 1.83. The Hall–Kier alpha value is -0.770. The lowest BCUT2D eigenvalue weighted by molar-refractivity contribution is 0.0646. The van der Waals surface area contributed by atoms with Crippen LogP contribution in [0.3, 0.4) is 0 Å². The quantitative estimate of drug-likeness (QED) is 0.837. The molecule has 1 amide bonds. The van der Waals surface area contributed by atoms with Crippen LogP contribution < -0.4 is 0 Å². The van der Waals surface area contributed by atoms with Gasteiger partial charge in [0, 0.05) is 22.8 Å². The van der Waals surface area contributed by atoms with Crippen molar-refractivity contribution in [1.29, 1.82) is 0 Å². The molecule has 0 saturated carbocycles. The molecule has 0 bridgehead atoms. The predicted molar refractivity (Wildman–Crippen MR) is 62.8 cm³/mol. The zero-order valence-electron chi connectivity index (χ0n) is 9.01. The number of H-pyrrole nitrogens is 1. The number of nitrogens with one attached hydrogen (secondary N) is 1. The Morgan fingerprint density at radius 1 is 1.60 bits per heavy atom. The molecule has 2 heterocycles. The fourth-order valence-electron chi connectivity index (χ4n) is 2.12. The Morgan fingerprint density at radius 3 is 2.80 bits per heavy atom. The Morgan fingerprint density at radius 2 is 2.33 bits per heavy atom. The minimum absolute atomic E-state index is 0.00529. The van der Waals surface area contributed by atoms with E-state index in [9.17, 15) is 4.79 Å². The minimum Gasteiger partial charge on any atom is -0.356 e. The third kappa shape index (κ3) is 1.95. The second-order valence-corrected chi connectivity index (χ2v) is 5.52. The van der Waals surface area contributed by atoms with Gasteiger partial charge in [-0.1, -0.05) is 0 Å². The molecule has 1 N–H and O–H groups in total. The van der Waals surface area contributed by atoms with Crippen LogP contribution in [0.15, 0.2) is 16.7 Å². The lowest BCUT2D eigenvalue weighted by Gasteiger charge is -2.31. The molecule has 4 heteroatoms. The molecule has 1 aliphatic heterocycles. The maximum absolute atomic E-state index is 12.1. The molecule has 3 nitrogen and oxygen atoms in total. The molecule has 82 valence electrons. The Balaban J connectivity index is 2.21. The summed E-state index contributed by atoms with van der Waals surface area (Å²) in [5.41, 5.74) is 0.658. The van der Waals surface area contributed by atoms with Crippen LogP contribution in [0.1, 0.15) is 37.2 Å². The number of carbonyl (C=O) groups excluding carboxylic acids is 1. The van der Waals surface area contributed by atoms with E-state index in [-0.39, 0.29) is 11.4 Å². The second kappa shape index (κ2) is 3.67. The molecule has 1 saturated heterocycles. The fraction of sp³-hybridized carbons (Fsp3) is 0.545. The largest absolute Gasteiger partial charge is 0.356 e. The van der Waals surface area contributed by atoms with Crippen molar-refractivity contribution in [1.82, 2.24) is 9.88 Å². The van der Waals surface area contributed by atoms with Gasteiger partial charge >= 0.3 is 0 Å². The zero-order valence-corrected chi connectivity index (χ0v) is 10.6. The average Bonchev–Trinajstić information content (AvgIpc) is 2.70. The van der Waals surface area contributed by atoms with E-state index in [1.807, 2.05) is 11.0 Å². The van der Waals surface area contributed by atoms with Crippen LogP contribution in [0.2, 0.25) is 0 Å². The van der Waals surface area contributed by atoms with Gasteiger partial charge < -0.3 is 9.88 Å². The molecular formula is C11H15BrN2O. The minimum atomic E-state index is -0.00529. The van der Waals surface area contributed by atoms with Crippen LogP contribution in [0.4, 0.5) is 0 Å². The van der Waals surface area contributed by atoms with Crippen molar-refractivity contribution in [2.75, 3.05) is 6.54 Å². The second-order valence-electron chi connectivity index (χ2n) is 4.60. The topological polar surface area (TPSA) is 36.1 Å². The Labute approximate surface area is 98.0 Å². The summed E-state index contributed by atoms with van der Waals surface area (Å²) in [4.78, 5) is 17.1.